The highest BCUT2D eigenvalue weighted by atomic mass is 32.2. The number of guanidine groups is 1. The van der Waals surface area contributed by atoms with E-state index >= 15 is 0 Å². The smallest absolute Gasteiger partial charge is 0.211 e. The van der Waals surface area contributed by atoms with E-state index in [1.165, 1.54) is 16.8 Å². The molecule has 0 spiro atoms. The van der Waals surface area contributed by atoms with Gasteiger partial charge < -0.3 is 20.2 Å². The first-order valence-corrected chi connectivity index (χ1v) is 10.2. The zero-order valence-corrected chi connectivity index (χ0v) is 15.8. The number of furan rings is 1. The number of hydrogen-bond acceptors (Lipinski definition) is 5. The molecule has 0 saturated carbocycles. The number of rotatable bonds is 6. The van der Waals surface area contributed by atoms with Crippen LogP contribution in [0.3, 0.4) is 0 Å². The van der Waals surface area contributed by atoms with Gasteiger partial charge in [-0.2, -0.15) is 0 Å². The molecular formula is C16H28N4O4S. The first-order valence-electron chi connectivity index (χ1n) is 8.38. The van der Waals surface area contributed by atoms with Crippen molar-refractivity contribution in [2.45, 2.75) is 25.4 Å². The third kappa shape index (κ3) is 5.72. The van der Waals surface area contributed by atoms with Crippen molar-refractivity contribution in [2.24, 2.45) is 10.9 Å². The van der Waals surface area contributed by atoms with Crippen molar-refractivity contribution in [3.05, 3.63) is 24.2 Å². The molecule has 1 fully saturated rings. The van der Waals surface area contributed by atoms with Crippen LogP contribution in [0.5, 0.6) is 0 Å². The molecule has 0 bridgehead atoms. The quantitative estimate of drug-likeness (QED) is 0.490. The molecule has 1 aromatic rings. The lowest BCUT2D eigenvalue weighted by molar-refractivity contribution is 0.0385. The van der Waals surface area contributed by atoms with E-state index in [4.69, 9.17) is 4.42 Å². The third-order valence-electron chi connectivity index (χ3n) is 4.48. The first kappa shape index (κ1) is 19.7. The molecule has 0 aliphatic carbocycles. The van der Waals surface area contributed by atoms with Gasteiger partial charge in [-0.1, -0.05) is 0 Å². The van der Waals surface area contributed by atoms with Gasteiger partial charge in [0, 0.05) is 26.7 Å². The van der Waals surface area contributed by atoms with Crippen LogP contribution in [0.15, 0.2) is 27.8 Å². The molecule has 1 atom stereocenters. The molecule has 8 nitrogen and oxygen atoms in total. The fraction of sp³-hybridized carbons (Fsp3) is 0.688. The number of aliphatic imine (C=N–C) groups is 1. The number of piperidine rings is 1. The largest absolute Gasteiger partial charge is 0.466 e. The monoisotopic (exact) mass is 372 g/mol. The summed E-state index contributed by atoms with van der Waals surface area (Å²) in [4.78, 5) is 4.16. The first-order chi connectivity index (χ1) is 11.7. The summed E-state index contributed by atoms with van der Waals surface area (Å²) in [6.45, 7) is 3.76. The van der Waals surface area contributed by atoms with E-state index in [9.17, 15) is 13.5 Å². The molecule has 9 heteroatoms. The van der Waals surface area contributed by atoms with Gasteiger partial charge in [0.1, 0.15) is 11.4 Å². The molecule has 0 aromatic carbocycles. The van der Waals surface area contributed by atoms with Crippen LogP contribution in [0.25, 0.3) is 0 Å². The van der Waals surface area contributed by atoms with Gasteiger partial charge in [0.05, 0.1) is 19.1 Å². The van der Waals surface area contributed by atoms with Crippen LogP contribution in [0.2, 0.25) is 0 Å². The Labute approximate surface area is 149 Å². The van der Waals surface area contributed by atoms with Crippen LogP contribution in [0, 0.1) is 5.92 Å². The molecule has 2 rings (SSSR count). The zero-order valence-electron chi connectivity index (χ0n) is 15.0. The molecule has 25 heavy (non-hydrogen) atoms. The molecule has 3 N–H and O–H groups in total. The molecule has 1 aliphatic rings. The summed E-state index contributed by atoms with van der Waals surface area (Å²) in [6.07, 6.45) is 4.42. The average molecular weight is 372 g/mol. The van der Waals surface area contributed by atoms with Crippen molar-refractivity contribution in [3.63, 3.8) is 0 Å². The average Bonchev–Trinajstić information content (AvgIpc) is 3.10. The summed E-state index contributed by atoms with van der Waals surface area (Å²) in [7, 11) is -1.42. The second kappa shape index (κ2) is 8.20. The van der Waals surface area contributed by atoms with Crippen molar-refractivity contribution in [3.8, 4) is 0 Å². The maximum Gasteiger partial charge on any atom is 0.211 e. The Morgan fingerprint density at radius 1 is 1.44 bits per heavy atom. The van der Waals surface area contributed by atoms with E-state index in [0.717, 1.165) is 12.8 Å². The number of nitrogens with one attached hydrogen (secondary N) is 2. The Kier molecular flexibility index (Phi) is 6.47. The number of sulfonamides is 1. The van der Waals surface area contributed by atoms with Crippen LogP contribution >= 0.6 is 0 Å². The summed E-state index contributed by atoms with van der Waals surface area (Å²) in [6, 6.07) is 3.47. The normalized spacial score (nSPS) is 20.2. The van der Waals surface area contributed by atoms with Crippen LogP contribution in [-0.2, 0) is 15.6 Å². The molecule has 1 saturated heterocycles. The van der Waals surface area contributed by atoms with E-state index in [1.54, 1.807) is 26.1 Å². The summed E-state index contributed by atoms with van der Waals surface area (Å²) in [5.41, 5.74) is -1.14. The van der Waals surface area contributed by atoms with Gasteiger partial charge in [-0.25, -0.2) is 12.7 Å². The van der Waals surface area contributed by atoms with Crippen LogP contribution in [0.1, 0.15) is 25.5 Å². The predicted octanol–water partition coefficient (Wildman–Crippen LogP) is 0.324. The highest BCUT2D eigenvalue weighted by Gasteiger charge is 2.27. The molecule has 1 unspecified atom stereocenters. The topological polar surface area (TPSA) is 107 Å². The van der Waals surface area contributed by atoms with Crippen LogP contribution in [0.4, 0.5) is 0 Å². The summed E-state index contributed by atoms with van der Waals surface area (Å²) in [5, 5.41) is 16.8. The highest BCUT2D eigenvalue weighted by Crippen LogP contribution is 2.20. The Bertz CT molecular complexity index is 662. The Hall–Kier alpha value is -1.58. The lowest BCUT2D eigenvalue weighted by Gasteiger charge is -2.30. The van der Waals surface area contributed by atoms with Crippen molar-refractivity contribution < 1.29 is 17.9 Å². The molecular weight excluding hydrogens is 344 g/mol. The molecule has 142 valence electrons. The minimum absolute atomic E-state index is 0.257. The van der Waals surface area contributed by atoms with Crippen LogP contribution in [-0.4, -0.2) is 63.3 Å². The van der Waals surface area contributed by atoms with E-state index in [2.05, 4.69) is 15.6 Å². The summed E-state index contributed by atoms with van der Waals surface area (Å²) in [5.74, 6) is 1.48. The minimum atomic E-state index is -3.09. The van der Waals surface area contributed by atoms with Crippen molar-refractivity contribution in [1.82, 2.24) is 14.9 Å². The van der Waals surface area contributed by atoms with Gasteiger partial charge in [-0.3, -0.25) is 4.99 Å². The zero-order chi connectivity index (χ0) is 18.5. The second-order valence-corrected chi connectivity index (χ2v) is 8.65. The van der Waals surface area contributed by atoms with Gasteiger partial charge in [-0.05, 0) is 37.8 Å². The Balaban J connectivity index is 1.76. The Morgan fingerprint density at radius 3 is 2.64 bits per heavy atom. The minimum Gasteiger partial charge on any atom is -0.466 e. The fourth-order valence-electron chi connectivity index (χ4n) is 2.83. The van der Waals surface area contributed by atoms with Gasteiger partial charge in [0.15, 0.2) is 5.96 Å². The third-order valence-corrected chi connectivity index (χ3v) is 5.78. The molecule has 1 aliphatic heterocycles. The molecule has 2 heterocycles. The lowest BCUT2D eigenvalue weighted by atomic mass is 9.98. The van der Waals surface area contributed by atoms with Gasteiger partial charge >= 0.3 is 0 Å². The second-order valence-electron chi connectivity index (χ2n) is 6.66. The maximum atomic E-state index is 11.5. The molecule has 0 amide bonds. The van der Waals surface area contributed by atoms with Crippen molar-refractivity contribution in [2.75, 3.05) is 39.5 Å². The van der Waals surface area contributed by atoms with Gasteiger partial charge in [-0.15, -0.1) is 0 Å². The number of nitrogens with zero attached hydrogens (tertiary/aromatic N) is 2. The Morgan fingerprint density at radius 2 is 2.12 bits per heavy atom. The maximum absolute atomic E-state index is 11.5. The van der Waals surface area contributed by atoms with E-state index in [-0.39, 0.29) is 6.54 Å². The van der Waals surface area contributed by atoms with Crippen molar-refractivity contribution in [1.29, 1.82) is 0 Å². The number of hydrogen-bond donors (Lipinski definition) is 3. The summed E-state index contributed by atoms with van der Waals surface area (Å²) >= 11 is 0. The lowest BCUT2D eigenvalue weighted by Crippen LogP contribution is -2.47. The SMILES string of the molecule is CN=C(NCC1CCN(S(C)(=O)=O)CC1)NCC(C)(O)c1ccco1. The van der Waals surface area contributed by atoms with Crippen molar-refractivity contribution >= 4 is 16.0 Å². The molecule has 0 radical (unpaired) electrons. The van der Waals surface area contributed by atoms with E-state index < -0.39 is 15.6 Å². The van der Waals surface area contributed by atoms with E-state index in [0.29, 0.717) is 37.3 Å². The standard InChI is InChI=1S/C16H28N4O4S/c1-16(21,14-5-4-10-24-14)12-19-15(17-2)18-11-13-6-8-20(9-7-13)25(3,22)23/h4-5,10,13,21H,6-9,11-12H2,1-3H3,(H2,17,18,19). The van der Waals surface area contributed by atoms with Gasteiger partial charge in [0.25, 0.3) is 0 Å². The highest BCUT2D eigenvalue weighted by molar-refractivity contribution is 7.88. The number of aliphatic hydroxyl groups is 1. The summed E-state index contributed by atoms with van der Waals surface area (Å²) < 4.78 is 29.8. The predicted molar refractivity (Wildman–Crippen MR) is 96.8 cm³/mol. The fourth-order valence-corrected chi connectivity index (χ4v) is 3.71. The van der Waals surface area contributed by atoms with E-state index in [1.807, 2.05) is 0 Å². The van der Waals surface area contributed by atoms with Gasteiger partial charge in [0.2, 0.25) is 10.0 Å². The molecule has 1 aromatic heterocycles. The van der Waals surface area contributed by atoms with Crippen LogP contribution < -0.4 is 10.6 Å².